The Kier molecular flexibility index (Phi) is 9.16. The maximum absolute atomic E-state index is 13.7. The van der Waals surface area contributed by atoms with E-state index in [2.05, 4.69) is 27.1 Å². The highest BCUT2D eigenvalue weighted by Gasteiger charge is 2.22. The van der Waals surface area contributed by atoms with Gasteiger partial charge >= 0.3 is 5.69 Å². The zero-order valence-electron chi connectivity index (χ0n) is 25.1. The van der Waals surface area contributed by atoms with Crippen molar-refractivity contribution in [1.82, 2.24) is 24.0 Å². The molecule has 0 saturated heterocycles. The number of imidazole rings is 1. The molecule has 0 aliphatic heterocycles. The zero-order valence-corrected chi connectivity index (χ0v) is 25.1. The molecule has 0 aliphatic rings. The molecule has 0 aliphatic carbocycles. The first kappa shape index (κ1) is 30.1. The number of hydrogen-bond donors (Lipinski definition) is 2. The summed E-state index contributed by atoms with van der Waals surface area (Å²) in [6, 6.07) is 11.1. The number of benzene rings is 2. The summed E-state index contributed by atoms with van der Waals surface area (Å²) < 4.78 is 14.5. The van der Waals surface area contributed by atoms with Gasteiger partial charge in [0.1, 0.15) is 5.75 Å². The van der Waals surface area contributed by atoms with E-state index in [9.17, 15) is 9.59 Å². The Hall–Kier alpha value is -4.84. The number of aromatic nitrogens is 4. The van der Waals surface area contributed by atoms with Crippen LogP contribution >= 0.6 is 0 Å². The molecule has 2 aromatic heterocycles. The van der Waals surface area contributed by atoms with Crippen LogP contribution < -0.4 is 30.7 Å². The van der Waals surface area contributed by atoms with Crippen molar-refractivity contribution in [3.63, 3.8) is 0 Å². The van der Waals surface area contributed by atoms with E-state index in [4.69, 9.17) is 14.5 Å². The van der Waals surface area contributed by atoms with Gasteiger partial charge in [0.2, 0.25) is 11.9 Å². The van der Waals surface area contributed by atoms with Gasteiger partial charge in [0.25, 0.3) is 0 Å². The number of fused-ring (bicyclic) bond motifs is 1. The molecule has 2 heterocycles. The standard InChI is InChI=1S/C30H38N8O4/c1-9-27(39)32-20-16-21(25(41-7)17-24(20)36(6)15-14-35(4)5)33-29-31-18-26(42-8)28(34-29)38-23-13-11-10-12-22(23)37(19(2)3)30(38)40/h9-13,16-19H,1,14-15H2,2-8H3,(H,32,39)(H,31,33,34). The Morgan fingerprint density at radius 1 is 1.05 bits per heavy atom. The minimum Gasteiger partial charge on any atom is -0.494 e. The first-order valence-electron chi connectivity index (χ1n) is 13.5. The Labute approximate surface area is 245 Å². The van der Waals surface area contributed by atoms with Crippen LogP contribution in [0.25, 0.3) is 16.9 Å². The second-order valence-electron chi connectivity index (χ2n) is 10.3. The lowest BCUT2D eigenvalue weighted by Crippen LogP contribution is -2.29. The lowest BCUT2D eigenvalue weighted by Gasteiger charge is -2.26. The molecule has 0 unspecified atom stereocenters. The fourth-order valence-corrected chi connectivity index (χ4v) is 4.63. The maximum atomic E-state index is 13.7. The number of carbonyl (C=O) groups excluding carboxylic acids is 1. The van der Waals surface area contributed by atoms with Crippen molar-refractivity contribution in [2.24, 2.45) is 0 Å². The topological polar surface area (TPSA) is 119 Å². The normalized spacial score (nSPS) is 11.2. The summed E-state index contributed by atoms with van der Waals surface area (Å²) in [7, 11) is 9.01. The number of likely N-dealkylation sites (N-methyl/N-ethyl adjacent to an activating group) is 2. The summed E-state index contributed by atoms with van der Waals surface area (Å²) in [5.74, 6) is 0.977. The third-order valence-electron chi connectivity index (χ3n) is 6.77. The largest absolute Gasteiger partial charge is 0.494 e. The maximum Gasteiger partial charge on any atom is 0.335 e. The van der Waals surface area contributed by atoms with E-state index in [1.165, 1.54) is 23.9 Å². The first-order valence-corrected chi connectivity index (χ1v) is 13.5. The van der Waals surface area contributed by atoms with Gasteiger partial charge in [-0.05, 0) is 52.2 Å². The fourth-order valence-electron chi connectivity index (χ4n) is 4.63. The number of para-hydroxylation sites is 2. The summed E-state index contributed by atoms with van der Waals surface area (Å²) in [6.45, 7) is 9.01. The van der Waals surface area contributed by atoms with Crippen LogP contribution in [0.4, 0.5) is 23.0 Å². The molecular formula is C30H38N8O4. The van der Waals surface area contributed by atoms with Crippen molar-refractivity contribution >= 4 is 40.0 Å². The fraction of sp³-hybridized carbons (Fsp3) is 0.333. The molecule has 12 heteroatoms. The van der Waals surface area contributed by atoms with E-state index in [0.29, 0.717) is 34.9 Å². The van der Waals surface area contributed by atoms with Crippen LogP contribution in [0.2, 0.25) is 0 Å². The SMILES string of the molecule is C=CC(=O)Nc1cc(Nc2ncc(OC)c(-n3c(=O)n(C(C)C)c4ccccc43)n2)c(OC)cc1N(C)CCN(C)C. The molecule has 0 saturated carbocycles. The zero-order chi connectivity index (χ0) is 30.6. The summed E-state index contributed by atoms with van der Waals surface area (Å²) in [4.78, 5) is 39.2. The molecule has 4 aromatic rings. The average molecular weight is 575 g/mol. The van der Waals surface area contributed by atoms with Crippen LogP contribution in [0.15, 0.2) is 60.0 Å². The lowest BCUT2D eigenvalue weighted by molar-refractivity contribution is -0.111. The van der Waals surface area contributed by atoms with Crippen molar-refractivity contribution in [3.8, 4) is 17.3 Å². The highest BCUT2D eigenvalue weighted by atomic mass is 16.5. The Balaban J connectivity index is 1.82. The smallest absolute Gasteiger partial charge is 0.335 e. The predicted octanol–water partition coefficient (Wildman–Crippen LogP) is 4.05. The quantitative estimate of drug-likeness (QED) is 0.242. The molecule has 2 aromatic carbocycles. The second-order valence-corrected chi connectivity index (χ2v) is 10.3. The minimum absolute atomic E-state index is 0.0723. The van der Waals surface area contributed by atoms with Gasteiger partial charge in [0.05, 0.1) is 48.5 Å². The molecule has 0 atom stereocenters. The summed E-state index contributed by atoms with van der Waals surface area (Å²) in [6.07, 6.45) is 2.72. The average Bonchev–Trinajstić information content (AvgIpc) is 3.27. The van der Waals surface area contributed by atoms with Crippen LogP contribution in [0.5, 0.6) is 11.5 Å². The van der Waals surface area contributed by atoms with E-state index >= 15 is 0 Å². The Bertz CT molecular complexity index is 1660. The summed E-state index contributed by atoms with van der Waals surface area (Å²) >= 11 is 0. The van der Waals surface area contributed by atoms with Gasteiger partial charge in [0.15, 0.2) is 11.6 Å². The number of amides is 1. The van der Waals surface area contributed by atoms with Crippen LogP contribution in [0.3, 0.4) is 0 Å². The van der Waals surface area contributed by atoms with Gasteiger partial charge < -0.3 is 29.9 Å². The highest BCUT2D eigenvalue weighted by molar-refractivity contribution is 6.02. The number of nitrogens with zero attached hydrogens (tertiary/aromatic N) is 6. The second kappa shape index (κ2) is 12.8. The Morgan fingerprint density at radius 3 is 2.36 bits per heavy atom. The summed E-state index contributed by atoms with van der Waals surface area (Å²) in [5.41, 5.74) is 3.05. The molecular weight excluding hydrogens is 536 g/mol. The van der Waals surface area contributed by atoms with Crippen molar-refractivity contribution < 1.29 is 14.3 Å². The number of anilines is 4. The molecule has 222 valence electrons. The molecule has 0 fully saturated rings. The number of ether oxygens (including phenoxy) is 2. The molecule has 42 heavy (non-hydrogen) atoms. The number of carbonyl (C=O) groups is 1. The number of hydrogen-bond acceptors (Lipinski definition) is 9. The number of nitrogens with one attached hydrogen (secondary N) is 2. The van der Waals surface area contributed by atoms with Crippen LogP contribution in [-0.4, -0.2) is 78.4 Å². The van der Waals surface area contributed by atoms with E-state index in [1.54, 1.807) is 17.7 Å². The lowest BCUT2D eigenvalue weighted by atomic mass is 10.2. The van der Waals surface area contributed by atoms with Crippen LogP contribution in [-0.2, 0) is 4.79 Å². The molecule has 0 bridgehead atoms. The highest BCUT2D eigenvalue weighted by Crippen LogP contribution is 2.38. The van der Waals surface area contributed by atoms with Gasteiger partial charge in [-0.25, -0.2) is 14.3 Å². The monoisotopic (exact) mass is 574 g/mol. The molecule has 0 spiro atoms. The number of methoxy groups -OCH3 is 2. The Morgan fingerprint density at radius 2 is 1.74 bits per heavy atom. The molecule has 2 N–H and O–H groups in total. The van der Waals surface area contributed by atoms with Gasteiger partial charge in [-0.2, -0.15) is 4.98 Å². The molecule has 4 rings (SSSR count). The van der Waals surface area contributed by atoms with Crippen molar-refractivity contribution in [2.75, 3.05) is 64.0 Å². The van der Waals surface area contributed by atoms with Gasteiger partial charge in [-0.1, -0.05) is 18.7 Å². The predicted molar refractivity (Wildman–Crippen MR) is 167 cm³/mol. The molecule has 12 nitrogen and oxygen atoms in total. The van der Waals surface area contributed by atoms with Crippen LogP contribution in [0, 0.1) is 0 Å². The third kappa shape index (κ3) is 6.08. The molecule has 1 amide bonds. The van der Waals surface area contributed by atoms with E-state index in [0.717, 1.165) is 17.7 Å². The van der Waals surface area contributed by atoms with Crippen molar-refractivity contribution in [3.05, 3.63) is 65.7 Å². The van der Waals surface area contributed by atoms with Crippen molar-refractivity contribution in [1.29, 1.82) is 0 Å². The first-order chi connectivity index (χ1) is 20.1. The van der Waals surface area contributed by atoms with Crippen LogP contribution in [0.1, 0.15) is 19.9 Å². The van der Waals surface area contributed by atoms with E-state index < -0.39 is 0 Å². The molecule has 0 radical (unpaired) electrons. The van der Waals surface area contributed by atoms with E-state index in [1.807, 2.05) is 70.2 Å². The van der Waals surface area contributed by atoms with Gasteiger partial charge in [0, 0.05) is 32.2 Å². The van der Waals surface area contributed by atoms with Gasteiger partial charge in [-0.3, -0.25) is 9.36 Å². The number of rotatable bonds is 12. The van der Waals surface area contributed by atoms with Gasteiger partial charge in [-0.15, -0.1) is 0 Å². The minimum atomic E-state index is -0.350. The third-order valence-corrected chi connectivity index (χ3v) is 6.77. The van der Waals surface area contributed by atoms with Crippen molar-refractivity contribution in [2.45, 2.75) is 19.9 Å². The summed E-state index contributed by atoms with van der Waals surface area (Å²) in [5, 5.41) is 6.09. The van der Waals surface area contributed by atoms with E-state index in [-0.39, 0.29) is 29.4 Å².